The van der Waals surface area contributed by atoms with E-state index >= 15 is 0 Å². The molecule has 1 aromatic carbocycles. The monoisotopic (exact) mass is 230 g/mol. The molecule has 2 rings (SSSR count). The van der Waals surface area contributed by atoms with Crippen LogP contribution in [-0.4, -0.2) is 0 Å². The van der Waals surface area contributed by atoms with Crippen LogP contribution >= 0.6 is 11.3 Å². The van der Waals surface area contributed by atoms with Crippen LogP contribution in [0.15, 0.2) is 35.7 Å². The average molecular weight is 230 g/mol. The highest BCUT2D eigenvalue weighted by Crippen LogP contribution is 2.36. The van der Waals surface area contributed by atoms with Gasteiger partial charge in [0.15, 0.2) is 0 Å². The highest BCUT2D eigenvalue weighted by Gasteiger charge is 2.23. The molecular weight excluding hydrogens is 212 g/mol. The molecule has 1 aromatic heterocycles. The Morgan fingerprint density at radius 2 is 1.94 bits per heavy atom. The zero-order chi connectivity index (χ0) is 11.9. The number of aryl methyl sites for hydroxylation is 1. The van der Waals surface area contributed by atoms with Crippen molar-refractivity contribution in [3.05, 3.63) is 46.9 Å². The quantitative estimate of drug-likeness (QED) is 0.632. The molecule has 0 aliphatic heterocycles. The number of thiophene rings is 1. The molecule has 0 saturated heterocycles. The first-order chi connectivity index (χ1) is 7.44. The van der Waals surface area contributed by atoms with Gasteiger partial charge in [-0.15, -0.1) is 11.3 Å². The Hall–Kier alpha value is -1.08. The molecule has 2 aromatic rings. The van der Waals surface area contributed by atoms with Gasteiger partial charge < -0.3 is 0 Å². The van der Waals surface area contributed by atoms with Crippen LogP contribution in [0.25, 0.3) is 10.1 Å². The van der Waals surface area contributed by atoms with Crippen molar-refractivity contribution in [1.29, 1.82) is 0 Å². The van der Waals surface area contributed by atoms with E-state index in [2.05, 4.69) is 57.9 Å². The number of rotatable bonds is 2. The van der Waals surface area contributed by atoms with Crippen LogP contribution in [0.2, 0.25) is 0 Å². The molecule has 0 N–H and O–H groups in total. The number of benzene rings is 1. The Morgan fingerprint density at radius 3 is 2.56 bits per heavy atom. The predicted octanol–water partition coefficient (Wildman–Crippen LogP) is 5.06. The molecule has 1 heteroatoms. The first-order valence-electron chi connectivity index (χ1n) is 5.58. The van der Waals surface area contributed by atoms with Gasteiger partial charge >= 0.3 is 0 Å². The zero-order valence-electron chi connectivity index (χ0n) is 10.4. The van der Waals surface area contributed by atoms with Crippen molar-refractivity contribution in [2.24, 2.45) is 0 Å². The maximum absolute atomic E-state index is 4.11. The van der Waals surface area contributed by atoms with Gasteiger partial charge in [0, 0.05) is 10.1 Å². The average Bonchev–Trinajstić information content (AvgIpc) is 2.66. The highest BCUT2D eigenvalue weighted by atomic mass is 32.1. The van der Waals surface area contributed by atoms with Gasteiger partial charge in [-0.25, -0.2) is 0 Å². The molecule has 0 saturated carbocycles. The van der Waals surface area contributed by atoms with Crippen molar-refractivity contribution >= 4 is 21.4 Å². The van der Waals surface area contributed by atoms with Crippen molar-refractivity contribution in [3.63, 3.8) is 0 Å². The van der Waals surface area contributed by atoms with E-state index in [0.29, 0.717) is 0 Å². The number of hydrogen-bond acceptors (Lipinski definition) is 1. The molecule has 0 bridgehead atoms. The van der Waals surface area contributed by atoms with Gasteiger partial charge in [-0.1, -0.05) is 32.1 Å². The summed E-state index contributed by atoms with van der Waals surface area (Å²) in [5.41, 5.74) is 4.06. The molecule has 0 radical (unpaired) electrons. The molecule has 1 heterocycles. The summed E-state index contributed by atoms with van der Waals surface area (Å²) in [7, 11) is 0. The van der Waals surface area contributed by atoms with E-state index in [1.54, 1.807) is 11.3 Å². The summed E-state index contributed by atoms with van der Waals surface area (Å²) in [5.74, 6) is 0. The molecule has 0 unspecified atom stereocenters. The lowest BCUT2D eigenvalue weighted by Crippen LogP contribution is -2.19. The summed E-state index contributed by atoms with van der Waals surface area (Å²) in [5, 5.41) is 3.55. The van der Waals surface area contributed by atoms with E-state index < -0.39 is 0 Å². The van der Waals surface area contributed by atoms with Crippen molar-refractivity contribution in [1.82, 2.24) is 0 Å². The van der Waals surface area contributed by atoms with Crippen LogP contribution in [0.3, 0.4) is 0 Å². The van der Waals surface area contributed by atoms with Gasteiger partial charge in [0.1, 0.15) is 0 Å². The van der Waals surface area contributed by atoms with E-state index in [0.717, 1.165) is 0 Å². The van der Waals surface area contributed by atoms with E-state index in [1.165, 1.54) is 26.8 Å². The fourth-order valence-electron chi connectivity index (χ4n) is 2.10. The molecule has 0 aliphatic rings. The Balaban J connectivity index is 2.70. The van der Waals surface area contributed by atoms with Crippen LogP contribution in [0.5, 0.6) is 0 Å². The minimum absolute atomic E-state index is 0.0558. The lowest BCUT2D eigenvalue weighted by molar-refractivity contribution is 0.623. The van der Waals surface area contributed by atoms with Gasteiger partial charge in [0.2, 0.25) is 0 Å². The van der Waals surface area contributed by atoms with Crippen molar-refractivity contribution in [2.75, 3.05) is 0 Å². The van der Waals surface area contributed by atoms with Gasteiger partial charge in [0.25, 0.3) is 0 Å². The van der Waals surface area contributed by atoms with E-state index in [4.69, 9.17) is 0 Å². The zero-order valence-corrected chi connectivity index (χ0v) is 11.2. The van der Waals surface area contributed by atoms with E-state index in [1.807, 2.05) is 0 Å². The third-order valence-electron chi connectivity index (χ3n) is 3.64. The van der Waals surface area contributed by atoms with Crippen LogP contribution in [0, 0.1) is 6.92 Å². The van der Waals surface area contributed by atoms with Crippen LogP contribution in [0.1, 0.15) is 31.9 Å². The second-order valence-electron chi connectivity index (χ2n) is 4.98. The Morgan fingerprint density at radius 1 is 1.25 bits per heavy atom. The third kappa shape index (κ3) is 1.60. The fourth-order valence-corrected chi connectivity index (χ4v) is 2.94. The standard InChI is InChI=1S/C15H18S/c1-10(2)15(4,5)13-6-7-14-12(11(13)3)8-9-16-14/h6-9H,1H2,2-5H3. The van der Waals surface area contributed by atoms with Crippen molar-refractivity contribution in [2.45, 2.75) is 33.1 Å². The number of allylic oxidation sites excluding steroid dienone is 1. The summed E-state index contributed by atoms with van der Waals surface area (Å²) in [6.45, 7) is 12.9. The maximum atomic E-state index is 4.11. The molecule has 16 heavy (non-hydrogen) atoms. The third-order valence-corrected chi connectivity index (χ3v) is 4.53. The molecule has 0 nitrogen and oxygen atoms in total. The molecule has 0 amide bonds. The summed E-state index contributed by atoms with van der Waals surface area (Å²) in [6.07, 6.45) is 0. The molecular formula is C15H18S. The van der Waals surface area contributed by atoms with Gasteiger partial charge in [0.05, 0.1) is 0 Å². The first kappa shape index (κ1) is 11.4. The van der Waals surface area contributed by atoms with Crippen LogP contribution in [0.4, 0.5) is 0 Å². The first-order valence-corrected chi connectivity index (χ1v) is 6.46. The van der Waals surface area contributed by atoms with Gasteiger partial charge in [-0.2, -0.15) is 0 Å². The summed E-state index contributed by atoms with van der Waals surface area (Å²) in [6, 6.07) is 6.70. The second kappa shape index (κ2) is 3.74. The molecule has 84 valence electrons. The highest BCUT2D eigenvalue weighted by molar-refractivity contribution is 7.17. The SMILES string of the molecule is C=C(C)C(C)(C)c1ccc2sccc2c1C. The Labute approximate surface area is 102 Å². The lowest BCUT2D eigenvalue weighted by Gasteiger charge is -2.28. The van der Waals surface area contributed by atoms with Crippen LogP contribution in [-0.2, 0) is 5.41 Å². The molecule has 0 atom stereocenters. The summed E-state index contributed by atoms with van der Waals surface area (Å²) in [4.78, 5) is 0. The van der Waals surface area contributed by atoms with Gasteiger partial charge in [-0.3, -0.25) is 0 Å². The Kier molecular flexibility index (Phi) is 2.67. The van der Waals surface area contributed by atoms with Crippen molar-refractivity contribution < 1.29 is 0 Å². The lowest BCUT2D eigenvalue weighted by atomic mass is 9.76. The largest absolute Gasteiger partial charge is 0.144 e. The summed E-state index contributed by atoms with van der Waals surface area (Å²) < 4.78 is 1.37. The predicted molar refractivity (Wildman–Crippen MR) is 74.4 cm³/mol. The number of hydrogen-bond donors (Lipinski definition) is 0. The summed E-state index contributed by atoms with van der Waals surface area (Å²) >= 11 is 1.81. The molecule has 0 spiro atoms. The minimum Gasteiger partial charge on any atom is -0.144 e. The van der Waals surface area contributed by atoms with E-state index in [-0.39, 0.29) is 5.41 Å². The van der Waals surface area contributed by atoms with Crippen LogP contribution < -0.4 is 0 Å². The second-order valence-corrected chi connectivity index (χ2v) is 5.92. The maximum Gasteiger partial charge on any atom is 0.0345 e. The Bertz CT molecular complexity index is 544. The molecule has 0 fully saturated rings. The normalized spacial score (nSPS) is 12.0. The number of fused-ring (bicyclic) bond motifs is 1. The van der Waals surface area contributed by atoms with Gasteiger partial charge in [-0.05, 0) is 47.9 Å². The minimum atomic E-state index is 0.0558. The van der Waals surface area contributed by atoms with E-state index in [9.17, 15) is 0 Å². The smallest absolute Gasteiger partial charge is 0.0345 e. The topological polar surface area (TPSA) is 0 Å². The molecule has 0 aliphatic carbocycles. The van der Waals surface area contributed by atoms with Crippen molar-refractivity contribution in [3.8, 4) is 0 Å². The fraction of sp³-hybridized carbons (Fsp3) is 0.333.